The molecule has 2 rings (SSSR count). The fourth-order valence-corrected chi connectivity index (χ4v) is 2.58. The van der Waals surface area contributed by atoms with Crippen molar-refractivity contribution in [2.24, 2.45) is 0 Å². The third-order valence-electron chi connectivity index (χ3n) is 3.08. The maximum absolute atomic E-state index is 11.8. The van der Waals surface area contributed by atoms with Crippen LogP contribution in [0.3, 0.4) is 0 Å². The van der Waals surface area contributed by atoms with Crippen LogP contribution in [-0.2, 0) is 16.4 Å². The molecule has 1 aromatic heterocycles. The molecule has 106 valence electrons. The highest BCUT2D eigenvalue weighted by Gasteiger charge is 2.21. The zero-order valence-corrected chi connectivity index (χ0v) is 11.8. The van der Waals surface area contributed by atoms with Gasteiger partial charge in [-0.05, 0) is 19.3 Å². The fraction of sp³-hybridized carbons (Fsp3) is 0.667. The van der Waals surface area contributed by atoms with Gasteiger partial charge >= 0.3 is 0 Å². The van der Waals surface area contributed by atoms with Crippen LogP contribution in [0.5, 0.6) is 0 Å². The molecule has 0 aromatic carbocycles. The smallest absolute Gasteiger partial charge is 0.268 e. The predicted molar refractivity (Wildman–Crippen MR) is 74.1 cm³/mol. The van der Waals surface area contributed by atoms with Gasteiger partial charge < -0.3 is 5.32 Å². The van der Waals surface area contributed by atoms with Crippen molar-refractivity contribution in [1.82, 2.24) is 9.78 Å². The molecule has 0 bridgehead atoms. The largest absolute Gasteiger partial charge is 0.381 e. The second-order valence-corrected chi connectivity index (χ2v) is 7.29. The molecule has 0 spiro atoms. The topological polar surface area (TPSA) is 81.1 Å². The summed E-state index contributed by atoms with van der Waals surface area (Å²) in [6, 6.07) is 1.99. The Morgan fingerprint density at radius 3 is 2.79 bits per heavy atom. The lowest BCUT2D eigenvalue weighted by Gasteiger charge is -2.07. The van der Waals surface area contributed by atoms with Crippen LogP contribution >= 0.6 is 0 Å². The molecule has 1 fully saturated rings. The van der Waals surface area contributed by atoms with Gasteiger partial charge in [0.25, 0.3) is 5.56 Å². The number of rotatable bonds is 7. The molecular weight excluding hydrogens is 266 g/mol. The van der Waals surface area contributed by atoms with Gasteiger partial charge in [-0.1, -0.05) is 6.92 Å². The van der Waals surface area contributed by atoms with Gasteiger partial charge in [-0.3, -0.25) is 4.79 Å². The number of aryl methyl sites for hydroxylation is 1. The highest BCUT2D eigenvalue weighted by molar-refractivity contribution is 7.91. The summed E-state index contributed by atoms with van der Waals surface area (Å²) in [5.41, 5.74) is 0.546. The first-order chi connectivity index (χ1) is 9.00. The van der Waals surface area contributed by atoms with E-state index >= 15 is 0 Å². The molecule has 6 nitrogen and oxygen atoms in total. The summed E-state index contributed by atoms with van der Waals surface area (Å²) >= 11 is 0. The average Bonchev–Trinajstić information content (AvgIpc) is 3.16. The molecule has 19 heavy (non-hydrogen) atoms. The van der Waals surface area contributed by atoms with Crippen LogP contribution < -0.4 is 10.9 Å². The third-order valence-corrected chi connectivity index (χ3v) is 4.87. The van der Waals surface area contributed by atoms with Crippen LogP contribution in [0.25, 0.3) is 0 Å². The Morgan fingerprint density at radius 1 is 1.47 bits per heavy atom. The van der Waals surface area contributed by atoms with Gasteiger partial charge in [-0.15, -0.1) is 0 Å². The minimum Gasteiger partial charge on any atom is -0.381 e. The third kappa shape index (κ3) is 4.34. The number of hydrogen-bond acceptors (Lipinski definition) is 5. The molecule has 0 radical (unpaired) electrons. The Labute approximate surface area is 112 Å². The fourth-order valence-electron chi connectivity index (χ4n) is 1.72. The SMILES string of the molecule is CCS(=O)(=O)CCCn1ncc(NC2CC2)cc1=O. The lowest BCUT2D eigenvalue weighted by atomic mass is 10.4. The van der Waals surface area contributed by atoms with Crippen molar-refractivity contribution >= 4 is 15.5 Å². The molecule has 1 heterocycles. The Hall–Kier alpha value is -1.37. The van der Waals surface area contributed by atoms with Gasteiger partial charge in [0.1, 0.15) is 9.84 Å². The van der Waals surface area contributed by atoms with Crippen molar-refractivity contribution in [3.63, 3.8) is 0 Å². The summed E-state index contributed by atoms with van der Waals surface area (Å²) in [5.74, 6) is 0.235. The molecule has 1 aromatic rings. The molecule has 1 aliphatic rings. The highest BCUT2D eigenvalue weighted by atomic mass is 32.2. The molecule has 0 unspecified atom stereocenters. The van der Waals surface area contributed by atoms with E-state index in [1.807, 2.05) is 0 Å². The van der Waals surface area contributed by atoms with E-state index in [0.717, 1.165) is 18.5 Å². The summed E-state index contributed by atoms with van der Waals surface area (Å²) in [6.07, 6.45) is 4.31. The lowest BCUT2D eigenvalue weighted by Crippen LogP contribution is -2.24. The van der Waals surface area contributed by atoms with Crippen molar-refractivity contribution < 1.29 is 8.42 Å². The van der Waals surface area contributed by atoms with Crippen molar-refractivity contribution in [3.8, 4) is 0 Å². The molecule has 0 saturated heterocycles. The number of nitrogens with zero attached hydrogens (tertiary/aromatic N) is 2. The Kier molecular flexibility index (Phi) is 4.24. The van der Waals surface area contributed by atoms with Gasteiger partial charge in [0, 0.05) is 24.4 Å². The number of aromatic nitrogens is 2. The predicted octanol–water partition coefficient (Wildman–Crippen LogP) is 0.642. The van der Waals surface area contributed by atoms with Gasteiger partial charge in [0.15, 0.2) is 0 Å². The van der Waals surface area contributed by atoms with E-state index in [1.54, 1.807) is 13.1 Å². The zero-order chi connectivity index (χ0) is 13.9. The first kappa shape index (κ1) is 14.0. The zero-order valence-electron chi connectivity index (χ0n) is 11.0. The molecule has 1 N–H and O–H groups in total. The Balaban J connectivity index is 1.91. The maximum Gasteiger partial charge on any atom is 0.268 e. The second kappa shape index (κ2) is 5.73. The van der Waals surface area contributed by atoms with Crippen LogP contribution in [0, 0.1) is 0 Å². The van der Waals surface area contributed by atoms with E-state index in [2.05, 4.69) is 10.4 Å². The van der Waals surface area contributed by atoms with Gasteiger partial charge in [0.2, 0.25) is 0 Å². The number of hydrogen-bond donors (Lipinski definition) is 1. The van der Waals surface area contributed by atoms with E-state index in [-0.39, 0.29) is 17.1 Å². The van der Waals surface area contributed by atoms with Crippen molar-refractivity contribution in [2.45, 2.75) is 38.8 Å². The van der Waals surface area contributed by atoms with Gasteiger partial charge in [0.05, 0.1) is 17.6 Å². The number of anilines is 1. The van der Waals surface area contributed by atoms with Crippen molar-refractivity contribution in [2.75, 3.05) is 16.8 Å². The Morgan fingerprint density at radius 2 is 2.21 bits per heavy atom. The second-order valence-electron chi connectivity index (χ2n) is 4.81. The Bertz CT molecular complexity index is 590. The molecule has 1 aliphatic carbocycles. The van der Waals surface area contributed by atoms with E-state index < -0.39 is 9.84 Å². The van der Waals surface area contributed by atoms with Gasteiger partial charge in [-0.25, -0.2) is 13.1 Å². The van der Waals surface area contributed by atoms with E-state index in [4.69, 9.17) is 0 Å². The van der Waals surface area contributed by atoms with Crippen LogP contribution in [0.1, 0.15) is 26.2 Å². The molecule has 7 heteroatoms. The summed E-state index contributed by atoms with van der Waals surface area (Å²) in [5, 5.41) is 7.25. The van der Waals surface area contributed by atoms with E-state index in [1.165, 1.54) is 10.7 Å². The lowest BCUT2D eigenvalue weighted by molar-refractivity contribution is 0.555. The first-order valence-electron chi connectivity index (χ1n) is 6.54. The summed E-state index contributed by atoms with van der Waals surface area (Å²) < 4.78 is 24.0. The normalized spacial score (nSPS) is 15.4. The maximum atomic E-state index is 11.8. The van der Waals surface area contributed by atoms with E-state index in [0.29, 0.717) is 19.0 Å². The van der Waals surface area contributed by atoms with Crippen LogP contribution in [0.4, 0.5) is 5.69 Å². The molecule has 0 amide bonds. The number of sulfone groups is 1. The highest BCUT2D eigenvalue weighted by Crippen LogP contribution is 2.23. The molecule has 1 saturated carbocycles. The van der Waals surface area contributed by atoms with E-state index in [9.17, 15) is 13.2 Å². The van der Waals surface area contributed by atoms with Crippen LogP contribution in [0.15, 0.2) is 17.1 Å². The standard InChI is InChI=1S/C12H19N3O3S/c1-2-19(17,18)7-3-6-15-12(16)8-11(9-13-15)14-10-4-5-10/h8-10,14H,2-7H2,1H3. The van der Waals surface area contributed by atoms with Crippen LogP contribution in [0.2, 0.25) is 0 Å². The van der Waals surface area contributed by atoms with Gasteiger partial charge in [-0.2, -0.15) is 5.10 Å². The number of nitrogens with one attached hydrogen (secondary N) is 1. The average molecular weight is 285 g/mol. The monoisotopic (exact) mass is 285 g/mol. The minimum absolute atomic E-state index is 0.0969. The summed E-state index contributed by atoms with van der Waals surface area (Å²) in [6.45, 7) is 1.96. The van der Waals surface area contributed by atoms with Crippen molar-refractivity contribution in [1.29, 1.82) is 0 Å². The summed E-state index contributed by atoms with van der Waals surface area (Å²) in [4.78, 5) is 11.8. The van der Waals surface area contributed by atoms with Crippen molar-refractivity contribution in [3.05, 3.63) is 22.6 Å². The molecular formula is C12H19N3O3S. The minimum atomic E-state index is -2.97. The quantitative estimate of drug-likeness (QED) is 0.795. The van der Waals surface area contributed by atoms with Crippen LogP contribution in [-0.4, -0.2) is 35.7 Å². The summed E-state index contributed by atoms with van der Waals surface area (Å²) in [7, 11) is -2.97. The first-order valence-corrected chi connectivity index (χ1v) is 8.36. The molecule has 0 aliphatic heterocycles. The molecule has 0 atom stereocenters.